The van der Waals surface area contributed by atoms with Gasteiger partial charge in [0.15, 0.2) is 0 Å². The number of aromatic nitrogens is 2. The zero-order valence-corrected chi connectivity index (χ0v) is 13.8. The summed E-state index contributed by atoms with van der Waals surface area (Å²) in [5.41, 5.74) is 1.72. The molecule has 23 heavy (non-hydrogen) atoms. The molecule has 2 aromatic heterocycles. The van der Waals surface area contributed by atoms with E-state index < -0.39 is 0 Å². The number of amides is 1. The molecule has 1 fully saturated rings. The normalized spacial score (nSPS) is 18.0. The van der Waals surface area contributed by atoms with E-state index in [-0.39, 0.29) is 5.91 Å². The fraction of sp³-hybridized carbons (Fsp3) is 0.444. The number of carbonyl (C=O) groups excluding carboxylic acids is 1. The van der Waals surface area contributed by atoms with Gasteiger partial charge in [0.2, 0.25) is 0 Å². The van der Waals surface area contributed by atoms with Gasteiger partial charge in [-0.15, -0.1) is 0 Å². The Hall–Kier alpha value is -2.30. The number of anilines is 1. The molecule has 0 saturated carbocycles. The third-order valence-electron chi connectivity index (χ3n) is 4.39. The largest absolute Gasteiger partial charge is 0.364 e. The van der Waals surface area contributed by atoms with Gasteiger partial charge in [-0.25, -0.2) is 4.98 Å². The minimum Gasteiger partial charge on any atom is -0.364 e. The highest BCUT2D eigenvalue weighted by molar-refractivity contribution is 5.94. The molecule has 0 spiro atoms. The van der Waals surface area contributed by atoms with Crippen LogP contribution in [0.5, 0.6) is 0 Å². The summed E-state index contributed by atoms with van der Waals surface area (Å²) in [4.78, 5) is 24.2. The summed E-state index contributed by atoms with van der Waals surface area (Å²) >= 11 is 0. The Morgan fingerprint density at radius 1 is 1.48 bits per heavy atom. The summed E-state index contributed by atoms with van der Waals surface area (Å²) in [5, 5.41) is 0. The zero-order chi connectivity index (χ0) is 16.2. The van der Waals surface area contributed by atoms with Crippen molar-refractivity contribution in [3.8, 4) is 0 Å². The Kier molecular flexibility index (Phi) is 4.65. The Labute approximate surface area is 137 Å². The monoisotopic (exact) mass is 312 g/mol. The van der Waals surface area contributed by atoms with E-state index >= 15 is 0 Å². The van der Waals surface area contributed by atoms with Crippen molar-refractivity contribution in [2.75, 3.05) is 25.0 Å². The SMILES string of the molecule is CC1CCCN(c2cc(C(=O)N(C)Cc3ccc[nH]3)ccn2)C1. The number of pyridine rings is 1. The van der Waals surface area contributed by atoms with Crippen LogP contribution in [0.2, 0.25) is 0 Å². The van der Waals surface area contributed by atoms with Gasteiger partial charge in [-0.2, -0.15) is 0 Å². The molecule has 5 nitrogen and oxygen atoms in total. The van der Waals surface area contributed by atoms with Crippen molar-refractivity contribution in [3.05, 3.63) is 47.9 Å². The Morgan fingerprint density at radius 3 is 3.09 bits per heavy atom. The van der Waals surface area contributed by atoms with E-state index in [1.807, 2.05) is 31.4 Å². The summed E-state index contributed by atoms with van der Waals surface area (Å²) in [6.07, 6.45) is 6.07. The number of H-pyrrole nitrogens is 1. The molecule has 3 heterocycles. The molecule has 0 aromatic carbocycles. The molecule has 1 unspecified atom stereocenters. The molecule has 0 aliphatic carbocycles. The number of piperidine rings is 1. The lowest BCUT2D eigenvalue weighted by atomic mass is 10.0. The molecule has 3 rings (SSSR count). The number of hydrogen-bond acceptors (Lipinski definition) is 3. The highest BCUT2D eigenvalue weighted by Gasteiger charge is 2.19. The number of nitrogens with one attached hydrogen (secondary N) is 1. The van der Waals surface area contributed by atoms with Gasteiger partial charge in [-0.1, -0.05) is 6.92 Å². The van der Waals surface area contributed by atoms with Gasteiger partial charge in [-0.3, -0.25) is 4.79 Å². The molecular formula is C18H24N4O. The molecule has 0 bridgehead atoms. The molecule has 1 aliphatic heterocycles. The van der Waals surface area contributed by atoms with E-state index in [9.17, 15) is 4.79 Å². The summed E-state index contributed by atoms with van der Waals surface area (Å²) in [5.74, 6) is 1.62. The van der Waals surface area contributed by atoms with E-state index in [0.29, 0.717) is 18.0 Å². The molecule has 5 heteroatoms. The number of nitrogens with zero attached hydrogens (tertiary/aromatic N) is 3. The topological polar surface area (TPSA) is 52.2 Å². The van der Waals surface area contributed by atoms with Gasteiger partial charge >= 0.3 is 0 Å². The van der Waals surface area contributed by atoms with Gasteiger partial charge in [0.1, 0.15) is 5.82 Å². The molecule has 1 saturated heterocycles. The maximum absolute atomic E-state index is 12.6. The van der Waals surface area contributed by atoms with E-state index in [1.54, 1.807) is 17.2 Å². The molecule has 1 aliphatic rings. The van der Waals surface area contributed by atoms with Crippen LogP contribution in [0.4, 0.5) is 5.82 Å². The quantitative estimate of drug-likeness (QED) is 0.944. The molecule has 1 atom stereocenters. The van der Waals surface area contributed by atoms with Gasteiger partial charge in [0.25, 0.3) is 5.91 Å². The first kappa shape index (κ1) is 15.6. The third kappa shape index (κ3) is 3.73. The van der Waals surface area contributed by atoms with E-state index in [4.69, 9.17) is 0 Å². The Bertz CT molecular complexity index is 653. The minimum atomic E-state index is 0.0216. The van der Waals surface area contributed by atoms with E-state index in [1.165, 1.54) is 12.8 Å². The number of aromatic amines is 1. The van der Waals surface area contributed by atoms with Gasteiger partial charge in [-0.05, 0) is 43.0 Å². The predicted octanol–water partition coefficient (Wildman–Crippen LogP) is 2.92. The van der Waals surface area contributed by atoms with Crippen molar-refractivity contribution in [1.29, 1.82) is 0 Å². The summed E-state index contributed by atoms with van der Waals surface area (Å²) in [6, 6.07) is 7.64. The first-order chi connectivity index (χ1) is 11.1. The Balaban J connectivity index is 1.72. The summed E-state index contributed by atoms with van der Waals surface area (Å²) in [6.45, 7) is 4.88. The van der Waals surface area contributed by atoms with Crippen molar-refractivity contribution in [2.45, 2.75) is 26.3 Å². The summed E-state index contributed by atoms with van der Waals surface area (Å²) in [7, 11) is 1.83. The average Bonchev–Trinajstić information content (AvgIpc) is 3.07. The standard InChI is InChI=1S/C18H24N4O/c1-14-5-4-10-22(12-14)17-11-15(7-9-20-17)18(23)21(2)13-16-6-3-8-19-16/h3,6-9,11,14,19H,4-5,10,12-13H2,1-2H3. The highest BCUT2D eigenvalue weighted by atomic mass is 16.2. The van der Waals surface area contributed by atoms with Gasteiger partial charge in [0.05, 0.1) is 6.54 Å². The van der Waals surface area contributed by atoms with E-state index in [2.05, 4.69) is 21.8 Å². The lowest BCUT2D eigenvalue weighted by Gasteiger charge is -2.32. The van der Waals surface area contributed by atoms with Crippen LogP contribution in [-0.4, -0.2) is 40.9 Å². The number of rotatable bonds is 4. The molecule has 0 radical (unpaired) electrons. The predicted molar refractivity (Wildman–Crippen MR) is 91.4 cm³/mol. The maximum Gasteiger partial charge on any atom is 0.254 e. The first-order valence-electron chi connectivity index (χ1n) is 8.22. The van der Waals surface area contributed by atoms with Gasteiger partial charge in [0, 0.05) is 43.8 Å². The lowest BCUT2D eigenvalue weighted by Crippen LogP contribution is -2.35. The van der Waals surface area contributed by atoms with Crippen molar-refractivity contribution in [1.82, 2.24) is 14.9 Å². The third-order valence-corrected chi connectivity index (χ3v) is 4.39. The number of carbonyl (C=O) groups is 1. The van der Waals surface area contributed by atoms with Crippen LogP contribution < -0.4 is 4.90 Å². The van der Waals surface area contributed by atoms with Crippen LogP contribution in [0.15, 0.2) is 36.7 Å². The van der Waals surface area contributed by atoms with Crippen LogP contribution in [0, 0.1) is 5.92 Å². The second-order valence-corrected chi connectivity index (χ2v) is 6.45. The van der Waals surface area contributed by atoms with Crippen LogP contribution in [-0.2, 0) is 6.54 Å². The van der Waals surface area contributed by atoms with Crippen molar-refractivity contribution in [2.24, 2.45) is 5.92 Å². The van der Waals surface area contributed by atoms with Crippen molar-refractivity contribution < 1.29 is 4.79 Å². The van der Waals surface area contributed by atoms with Crippen molar-refractivity contribution >= 4 is 11.7 Å². The smallest absolute Gasteiger partial charge is 0.254 e. The average molecular weight is 312 g/mol. The second kappa shape index (κ2) is 6.86. The van der Waals surface area contributed by atoms with Crippen molar-refractivity contribution in [3.63, 3.8) is 0 Å². The lowest BCUT2D eigenvalue weighted by molar-refractivity contribution is 0.0783. The van der Waals surface area contributed by atoms with E-state index in [0.717, 1.165) is 24.6 Å². The van der Waals surface area contributed by atoms with Crippen LogP contribution >= 0.6 is 0 Å². The zero-order valence-electron chi connectivity index (χ0n) is 13.8. The molecule has 122 valence electrons. The highest BCUT2D eigenvalue weighted by Crippen LogP contribution is 2.22. The second-order valence-electron chi connectivity index (χ2n) is 6.45. The molecule has 1 N–H and O–H groups in total. The van der Waals surface area contributed by atoms with Gasteiger partial charge < -0.3 is 14.8 Å². The fourth-order valence-electron chi connectivity index (χ4n) is 3.14. The Morgan fingerprint density at radius 2 is 2.35 bits per heavy atom. The van der Waals surface area contributed by atoms with Crippen LogP contribution in [0.25, 0.3) is 0 Å². The fourth-order valence-corrected chi connectivity index (χ4v) is 3.14. The number of hydrogen-bond donors (Lipinski definition) is 1. The van der Waals surface area contributed by atoms with Crippen LogP contribution in [0.1, 0.15) is 35.8 Å². The molecule has 2 aromatic rings. The minimum absolute atomic E-state index is 0.0216. The molecule has 1 amide bonds. The summed E-state index contributed by atoms with van der Waals surface area (Å²) < 4.78 is 0. The maximum atomic E-state index is 12.6. The molecular weight excluding hydrogens is 288 g/mol. The first-order valence-corrected chi connectivity index (χ1v) is 8.22. The van der Waals surface area contributed by atoms with Crippen LogP contribution in [0.3, 0.4) is 0 Å².